The normalized spacial score (nSPS) is 19.0. The van der Waals surface area contributed by atoms with Crippen molar-refractivity contribution in [1.29, 1.82) is 0 Å². The van der Waals surface area contributed by atoms with Gasteiger partial charge in [-0.3, -0.25) is 13.9 Å². The van der Waals surface area contributed by atoms with Gasteiger partial charge in [-0.2, -0.15) is 0 Å². The van der Waals surface area contributed by atoms with Crippen LogP contribution in [-0.4, -0.2) is 32.4 Å². The van der Waals surface area contributed by atoms with E-state index in [9.17, 15) is 18.0 Å². The van der Waals surface area contributed by atoms with Crippen LogP contribution in [0.25, 0.3) is 0 Å². The largest absolute Gasteiger partial charge is 0.324 e. The second kappa shape index (κ2) is 6.03. The van der Waals surface area contributed by atoms with Crippen LogP contribution in [0.1, 0.15) is 9.67 Å². The molecule has 3 rings (SSSR count). The Labute approximate surface area is 152 Å². The molecule has 126 valence electrons. The number of sulfonamides is 1. The second-order valence-corrected chi connectivity index (χ2v) is 8.79. The number of ketones is 1. The van der Waals surface area contributed by atoms with E-state index in [0.717, 1.165) is 15.6 Å². The average molecular weight is 405 g/mol. The van der Waals surface area contributed by atoms with Gasteiger partial charge in [0.05, 0.1) is 20.6 Å². The van der Waals surface area contributed by atoms with E-state index < -0.39 is 27.0 Å². The molecule has 2 aromatic rings. The lowest BCUT2D eigenvalue weighted by Gasteiger charge is -2.29. The SMILES string of the molecule is CN1c2ccsc2C(=O)C(C(=O)Nc2ccc(Cl)c(Cl)c2)S1(=O)=O. The predicted octanol–water partition coefficient (Wildman–Crippen LogP) is 3.02. The van der Waals surface area contributed by atoms with Crippen molar-refractivity contribution in [1.82, 2.24) is 0 Å². The van der Waals surface area contributed by atoms with Crippen LogP contribution in [-0.2, 0) is 14.8 Å². The fourth-order valence-corrected chi connectivity index (χ4v) is 5.10. The molecule has 24 heavy (non-hydrogen) atoms. The molecule has 1 amide bonds. The summed E-state index contributed by atoms with van der Waals surface area (Å²) in [6, 6.07) is 5.83. The molecule has 0 aliphatic carbocycles. The van der Waals surface area contributed by atoms with Gasteiger partial charge in [0.2, 0.25) is 11.0 Å². The average Bonchev–Trinajstić information content (AvgIpc) is 2.98. The molecular weight excluding hydrogens is 395 g/mol. The van der Waals surface area contributed by atoms with Gasteiger partial charge in [-0.15, -0.1) is 11.3 Å². The van der Waals surface area contributed by atoms with Crippen LogP contribution in [0.5, 0.6) is 0 Å². The van der Waals surface area contributed by atoms with Crippen LogP contribution in [0, 0.1) is 0 Å². The van der Waals surface area contributed by atoms with Crippen molar-refractivity contribution in [2.24, 2.45) is 0 Å². The third-order valence-electron chi connectivity index (χ3n) is 3.55. The van der Waals surface area contributed by atoms with Crippen molar-refractivity contribution < 1.29 is 18.0 Å². The molecule has 0 radical (unpaired) electrons. The molecule has 0 saturated heterocycles. The molecule has 0 fully saturated rings. The summed E-state index contributed by atoms with van der Waals surface area (Å²) in [4.78, 5) is 25.2. The van der Waals surface area contributed by atoms with E-state index in [1.54, 1.807) is 5.38 Å². The Kier molecular flexibility index (Phi) is 4.33. The number of carbonyl (C=O) groups is 2. The summed E-state index contributed by atoms with van der Waals surface area (Å²) in [6.45, 7) is 0. The fourth-order valence-electron chi connectivity index (χ4n) is 2.32. The third-order valence-corrected chi connectivity index (χ3v) is 7.19. The van der Waals surface area contributed by atoms with E-state index in [2.05, 4.69) is 5.32 Å². The van der Waals surface area contributed by atoms with Crippen LogP contribution >= 0.6 is 34.5 Å². The molecule has 10 heteroatoms. The number of rotatable bonds is 2. The summed E-state index contributed by atoms with van der Waals surface area (Å²) in [5, 5.41) is 2.66. The topological polar surface area (TPSA) is 83.6 Å². The van der Waals surface area contributed by atoms with Crippen LogP contribution in [0.2, 0.25) is 10.0 Å². The Hall–Kier alpha value is -1.61. The van der Waals surface area contributed by atoms with Crippen molar-refractivity contribution in [3.8, 4) is 0 Å². The van der Waals surface area contributed by atoms with Gasteiger partial charge < -0.3 is 5.32 Å². The first-order valence-corrected chi connectivity index (χ1v) is 9.72. The van der Waals surface area contributed by atoms with E-state index in [0.29, 0.717) is 5.02 Å². The highest BCUT2D eigenvalue weighted by molar-refractivity contribution is 7.95. The van der Waals surface area contributed by atoms with Crippen LogP contribution in [0.4, 0.5) is 11.4 Å². The second-order valence-electron chi connectivity index (χ2n) is 5.01. The molecule has 1 aromatic heterocycles. The zero-order valence-corrected chi connectivity index (χ0v) is 15.3. The minimum atomic E-state index is -4.15. The van der Waals surface area contributed by atoms with Gasteiger partial charge >= 0.3 is 0 Å². The summed E-state index contributed by atoms with van der Waals surface area (Å²) in [5.41, 5.74) is 0.528. The zero-order valence-electron chi connectivity index (χ0n) is 12.1. The number of thiophene rings is 1. The number of fused-ring (bicyclic) bond motifs is 1. The van der Waals surface area contributed by atoms with E-state index in [1.807, 2.05) is 0 Å². The van der Waals surface area contributed by atoms with E-state index >= 15 is 0 Å². The Morgan fingerprint density at radius 2 is 1.96 bits per heavy atom. The number of nitrogens with zero attached hydrogens (tertiary/aromatic N) is 1. The van der Waals surface area contributed by atoms with Gasteiger partial charge in [-0.05, 0) is 29.6 Å². The Morgan fingerprint density at radius 1 is 1.25 bits per heavy atom. The summed E-state index contributed by atoms with van der Waals surface area (Å²) in [5.74, 6) is -1.68. The number of halogens is 2. The molecule has 6 nitrogen and oxygen atoms in total. The summed E-state index contributed by atoms with van der Waals surface area (Å²) >= 11 is 12.8. The van der Waals surface area contributed by atoms with Gasteiger partial charge in [-0.25, -0.2) is 8.42 Å². The molecule has 0 spiro atoms. The van der Waals surface area contributed by atoms with Gasteiger partial charge in [0.1, 0.15) is 0 Å². The fraction of sp³-hybridized carbons (Fsp3) is 0.143. The molecule has 2 heterocycles. The molecule has 1 aliphatic rings. The minimum absolute atomic E-state index is 0.199. The molecule has 0 bridgehead atoms. The van der Waals surface area contributed by atoms with Gasteiger partial charge in [-0.1, -0.05) is 23.2 Å². The number of hydrogen-bond donors (Lipinski definition) is 1. The summed E-state index contributed by atoms with van der Waals surface area (Å²) in [7, 11) is -2.84. The Morgan fingerprint density at radius 3 is 2.62 bits per heavy atom. The highest BCUT2D eigenvalue weighted by atomic mass is 35.5. The molecule has 1 unspecified atom stereocenters. The number of Topliss-reactive ketones (excluding diaryl/α,β-unsaturated/α-hetero) is 1. The van der Waals surface area contributed by atoms with Crippen LogP contribution in [0.15, 0.2) is 29.6 Å². The highest BCUT2D eigenvalue weighted by Crippen LogP contribution is 2.36. The Balaban J connectivity index is 1.97. The Bertz CT molecular complexity index is 955. The van der Waals surface area contributed by atoms with Crippen molar-refractivity contribution in [3.05, 3.63) is 44.6 Å². The molecule has 1 aliphatic heterocycles. The van der Waals surface area contributed by atoms with Crippen LogP contribution in [0.3, 0.4) is 0 Å². The number of carbonyl (C=O) groups excluding carboxylic acids is 2. The van der Waals surface area contributed by atoms with E-state index in [4.69, 9.17) is 23.2 Å². The lowest BCUT2D eigenvalue weighted by atomic mass is 10.2. The monoisotopic (exact) mass is 404 g/mol. The zero-order chi connectivity index (χ0) is 17.6. The van der Waals surface area contributed by atoms with Gasteiger partial charge in [0.25, 0.3) is 15.9 Å². The predicted molar refractivity (Wildman–Crippen MR) is 94.9 cm³/mol. The quantitative estimate of drug-likeness (QED) is 0.779. The van der Waals surface area contributed by atoms with Gasteiger partial charge in [0.15, 0.2) is 0 Å². The molecule has 1 N–H and O–H groups in total. The standard InChI is InChI=1S/C14H10Cl2N2O4S2/c1-18-10-4-5-23-12(10)11(19)13(24(18,21)22)14(20)17-7-2-3-8(15)9(16)6-7/h2-6,13H,1H3,(H,17,20). The van der Waals surface area contributed by atoms with Crippen molar-refractivity contribution in [2.45, 2.75) is 5.25 Å². The highest BCUT2D eigenvalue weighted by Gasteiger charge is 2.48. The first kappa shape index (κ1) is 17.2. The molecule has 0 saturated carbocycles. The lowest BCUT2D eigenvalue weighted by molar-refractivity contribution is -0.115. The van der Waals surface area contributed by atoms with E-state index in [1.165, 1.54) is 31.3 Å². The number of benzene rings is 1. The third kappa shape index (κ3) is 2.69. The maximum absolute atomic E-state index is 12.5. The number of amides is 1. The van der Waals surface area contributed by atoms with Crippen molar-refractivity contribution >= 4 is 67.6 Å². The molecule has 1 aromatic carbocycles. The number of hydrogen-bond acceptors (Lipinski definition) is 5. The van der Waals surface area contributed by atoms with Crippen molar-refractivity contribution in [3.63, 3.8) is 0 Å². The molecular formula is C14H10Cl2N2O4S2. The summed E-state index contributed by atoms with van der Waals surface area (Å²) in [6.07, 6.45) is 0. The first-order chi connectivity index (χ1) is 11.2. The maximum Gasteiger partial charge on any atom is 0.254 e. The first-order valence-electron chi connectivity index (χ1n) is 6.59. The van der Waals surface area contributed by atoms with Gasteiger partial charge in [0, 0.05) is 12.7 Å². The van der Waals surface area contributed by atoms with Crippen LogP contribution < -0.4 is 9.62 Å². The smallest absolute Gasteiger partial charge is 0.254 e. The number of nitrogens with one attached hydrogen (secondary N) is 1. The lowest BCUT2D eigenvalue weighted by Crippen LogP contribution is -2.51. The van der Waals surface area contributed by atoms with Crippen molar-refractivity contribution in [2.75, 3.05) is 16.7 Å². The summed E-state index contributed by atoms with van der Waals surface area (Å²) < 4.78 is 26.0. The molecule has 1 atom stereocenters. The number of anilines is 2. The maximum atomic E-state index is 12.5. The van der Waals surface area contributed by atoms with E-state index in [-0.39, 0.29) is 21.3 Å². The minimum Gasteiger partial charge on any atom is -0.324 e.